The van der Waals surface area contributed by atoms with Crippen LogP contribution in [0.15, 0.2) is 58.2 Å². The molecular weight excluding hydrogens is 512 g/mol. The van der Waals surface area contributed by atoms with Crippen LogP contribution < -0.4 is 20.6 Å². The number of carbonyl (C=O) groups excluding carboxylic acids is 2. The molecule has 2 amide bonds. The van der Waals surface area contributed by atoms with E-state index in [-0.39, 0.29) is 18.8 Å². The molecule has 3 N–H and O–H groups in total. The Kier molecular flexibility index (Phi) is 7.92. The Hall–Kier alpha value is -4.26. The predicted molar refractivity (Wildman–Crippen MR) is 125 cm³/mol. The number of methoxy groups -OCH3 is 1. The fraction of sp³-hybridized carbons (Fsp3) is 0.143. The van der Waals surface area contributed by atoms with Crippen molar-refractivity contribution in [2.75, 3.05) is 13.7 Å². The standard InChI is InChI=1S/C21H19BrN6O6/c1-33-18-8-14(4-7-17(18)34-12-19(23)29)9-24-25-21(30)20-16(28(31)32)11-27(26-20)10-13-2-5-15(22)6-3-13/h2-9,11H,10,12H2,1H3,(H2,23,29)(H,25,30)/b24-9-. The maximum atomic E-state index is 12.5. The van der Waals surface area contributed by atoms with Gasteiger partial charge in [0.05, 0.1) is 24.8 Å². The molecule has 0 aliphatic carbocycles. The van der Waals surface area contributed by atoms with Crippen molar-refractivity contribution in [3.05, 3.63) is 80.1 Å². The summed E-state index contributed by atoms with van der Waals surface area (Å²) in [5.41, 5.74) is 7.86. The molecule has 0 unspecified atom stereocenters. The van der Waals surface area contributed by atoms with E-state index in [0.717, 1.165) is 10.0 Å². The van der Waals surface area contributed by atoms with Crippen LogP contribution in [0.2, 0.25) is 0 Å². The summed E-state index contributed by atoms with van der Waals surface area (Å²) in [4.78, 5) is 34.1. The molecule has 0 aliphatic heterocycles. The minimum absolute atomic E-state index is 0.245. The molecule has 3 rings (SSSR count). The fourth-order valence-electron chi connectivity index (χ4n) is 2.82. The second-order valence-electron chi connectivity index (χ2n) is 6.81. The predicted octanol–water partition coefficient (Wildman–Crippen LogP) is 2.24. The van der Waals surface area contributed by atoms with Gasteiger partial charge in [-0.25, -0.2) is 5.43 Å². The molecule has 12 nitrogen and oxygen atoms in total. The molecule has 34 heavy (non-hydrogen) atoms. The Balaban J connectivity index is 1.71. The van der Waals surface area contributed by atoms with Crippen LogP contribution in [0.5, 0.6) is 11.5 Å². The van der Waals surface area contributed by atoms with Gasteiger partial charge in [0, 0.05) is 4.47 Å². The Morgan fingerprint density at radius 2 is 2.00 bits per heavy atom. The van der Waals surface area contributed by atoms with Crippen LogP contribution in [0, 0.1) is 10.1 Å². The van der Waals surface area contributed by atoms with Crippen LogP contribution in [-0.2, 0) is 11.3 Å². The average Bonchev–Trinajstić information content (AvgIpc) is 3.23. The first-order valence-electron chi connectivity index (χ1n) is 9.65. The summed E-state index contributed by atoms with van der Waals surface area (Å²) in [5, 5.41) is 19.3. The van der Waals surface area contributed by atoms with E-state index in [0.29, 0.717) is 17.1 Å². The van der Waals surface area contributed by atoms with Crippen molar-refractivity contribution in [2.24, 2.45) is 10.8 Å². The van der Waals surface area contributed by atoms with Crippen molar-refractivity contribution in [3.8, 4) is 11.5 Å². The Morgan fingerprint density at radius 1 is 1.26 bits per heavy atom. The number of aromatic nitrogens is 2. The quantitative estimate of drug-likeness (QED) is 0.230. The number of hydrazone groups is 1. The van der Waals surface area contributed by atoms with E-state index in [4.69, 9.17) is 15.2 Å². The van der Waals surface area contributed by atoms with Gasteiger partial charge in [0.2, 0.25) is 5.69 Å². The summed E-state index contributed by atoms with van der Waals surface area (Å²) in [6.07, 6.45) is 2.50. The number of nitrogens with two attached hydrogens (primary N) is 1. The van der Waals surface area contributed by atoms with E-state index in [1.54, 1.807) is 18.2 Å². The van der Waals surface area contributed by atoms with Gasteiger partial charge in [0.15, 0.2) is 18.1 Å². The average molecular weight is 531 g/mol. The number of ether oxygens (including phenoxy) is 2. The number of amides is 2. The lowest BCUT2D eigenvalue weighted by Crippen LogP contribution is -2.20. The van der Waals surface area contributed by atoms with Crippen LogP contribution in [0.1, 0.15) is 21.6 Å². The van der Waals surface area contributed by atoms with Crippen molar-refractivity contribution in [1.82, 2.24) is 15.2 Å². The monoisotopic (exact) mass is 530 g/mol. The minimum atomic E-state index is -0.842. The summed E-state index contributed by atoms with van der Waals surface area (Å²) >= 11 is 3.34. The van der Waals surface area contributed by atoms with Gasteiger partial charge in [-0.3, -0.25) is 24.4 Å². The van der Waals surface area contributed by atoms with Gasteiger partial charge in [-0.05, 0) is 41.5 Å². The lowest BCUT2D eigenvalue weighted by atomic mass is 10.2. The Bertz CT molecular complexity index is 1240. The number of benzene rings is 2. The Morgan fingerprint density at radius 3 is 2.65 bits per heavy atom. The highest BCUT2D eigenvalue weighted by atomic mass is 79.9. The molecule has 1 aromatic heterocycles. The summed E-state index contributed by atoms with van der Waals surface area (Å²) in [6.45, 7) is -0.0677. The highest BCUT2D eigenvalue weighted by molar-refractivity contribution is 9.10. The zero-order valence-electron chi connectivity index (χ0n) is 17.8. The molecule has 3 aromatic rings. The first-order valence-corrected chi connectivity index (χ1v) is 10.4. The van der Waals surface area contributed by atoms with Gasteiger partial charge < -0.3 is 15.2 Å². The van der Waals surface area contributed by atoms with E-state index in [1.807, 2.05) is 24.3 Å². The summed E-state index contributed by atoms with van der Waals surface area (Å²) in [6, 6.07) is 12.0. The van der Waals surface area contributed by atoms with Gasteiger partial charge in [-0.1, -0.05) is 28.1 Å². The number of hydrogen-bond donors (Lipinski definition) is 2. The minimum Gasteiger partial charge on any atom is -0.493 e. The van der Waals surface area contributed by atoms with Crippen LogP contribution in [0.25, 0.3) is 0 Å². The van der Waals surface area contributed by atoms with Crippen LogP contribution in [0.3, 0.4) is 0 Å². The van der Waals surface area contributed by atoms with E-state index in [9.17, 15) is 19.7 Å². The summed E-state index contributed by atoms with van der Waals surface area (Å²) in [5.74, 6) is -0.858. The van der Waals surface area contributed by atoms with Crippen molar-refractivity contribution in [1.29, 1.82) is 0 Å². The van der Waals surface area contributed by atoms with Gasteiger partial charge >= 0.3 is 5.69 Å². The molecule has 0 spiro atoms. The van der Waals surface area contributed by atoms with Gasteiger partial charge in [0.25, 0.3) is 11.8 Å². The van der Waals surface area contributed by atoms with Crippen LogP contribution in [0.4, 0.5) is 5.69 Å². The molecule has 0 radical (unpaired) electrons. The fourth-order valence-corrected chi connectivity index (χ4v) is 3.08. The number of primary amides is 1. The van der Waals surface area contributed by atoms with Crippen LogP contribution in [-0.4, -0.2) is 46.4 Å². The van der Waals surface area contributed by atoms with E-state index in [1.165, 1.54) is 24.2 Å². The summed E-state index contributed by atoms with van der Waals surface area (Å²) in [7, 11) is 1.42. The smallest absolute Gasteiger partial charge is 0.320 e. The summed E-state index contributed by atoms with van der Waals surface area (Å²) < 4.78 is 12.6. The van der Waals surface area contributed by atoms with E-state index < -0.39 is 22.4 Å². The maximum absolute atomic E-state index is 12.5. The van der Waals surface area contributed by atoms with Gasteiger partial charge in [-0.15, -0.1) is 0 Å². The zero-order valence-corrected chi connectivity index (χ0v) is 19.4. The lowest BCUT2D eigenvalue weighted by Gasteiger charge is -2.09. The molecule has 0 atom stereocenters. The third kappa shape index (κ3) is 6.38. The molecule has 13 heteroatoms. The number of hydrogen-bond acceptors (Lipinski definition) is 8. The van der Waals surface area contributed by atoms with E-state index >= 15 is 0 Å². The maximum Gasteiger partial charge on any atom is 0.320 e. The number of nitrogens with zero attached hydrogens (tertiary/aromatic N) is 4. The second kappa shape index (κ2) is 11.0. The highest BCUT2D eigenvalue weighted by Crippen LogP contribution is 2.27. The van der Waals surface area contributed by atoms with Crippen LogP contribution >= 0.6 is 15.9 Å². The first-order chi connectivity index (χ1) is 16.3. The van der Waals surface area contributed by atoms with E-state index in [2.05, 4.69) is 31.6 Å². The van der Waals surface area contributed by atoms with Gasteiger partial charge in [0.1, 0.15) is 6.20 Å². The third-order valence-corrected chi connectivity index (χ3v) is 4.88. The molecule has 2 aromatic carbocycles. The third-order valence-electron chi connectivity index (χ3n) is 4.35. The van der Waals surface area contributed by atoms with Gasteiger partial charge in [-0.2, -0.15) is 10.2 Å². The van der Waals surface area contributed by atoms with Crippen molar-refractivity contribution in [3.63, 3.8) is 0 Å². The van der Waals surface area contributed by atoms with Crippen molar-refractivity contribution in [2.45, 2.75) is 6.54 Å². The number of nitrogens with one attached hydrogen (secondary N) is 1. The number of nitro groups is 1. The van der Waals surface area contributed by atoms with Crippen molar-refractivity contribution >= 4 is 39.6 Å². The normalized spacial score (nSPS) is 10.8. The lowest BCUT2D eigenvalue weighted by molar-refractivity contribution is -0.385. The second-order valence-corrected chi connectivity index (χ2v) is 7.72. The number of halogens is 1. The molecule has 0 fully saturated rings. The Labute approximate surface area is 201 Å². The SMILES string of the molecule is COc1cc(/C=N\NC(=O)c2nn(Cc3ccc(Br)cc3)cc2[N+](=O)[O-])ccc1OCC(N)=O. The molecular formula is C21H19BrN6O6. The molecule has 0 aliphatic rings. The van der Waals surface area contributed by atoms with Crippen molar-refractivity contribution < 1.29 is 24.0 Å². The molecule has 0 bridgehead atoms. The largest absolute Gasteiger partial charge is 0.493 e. The molecule has 176 valence electrons. The molecule has 0 saturated heterocycles. The molecule has 1 heterocycles. The molecule has 0 saturated carbocycles. The number of carbonyl (C=O) groups is 2. The highest BCUT2D eigenvalue weighted by Gasteiger charge is 2.25. The zero-order chi connectivity index (χ0) is 24.7. The first kappa shape index (κ1) is 24.4. The topological polar surface area (TPSA) is 164 Å². The number of rotatable bonds is 10.